The van der Waals surface area contributed by atoms with Crippen LogP contribution in [-0.4, -0.2) is 41.6 Å². The number of fused-ring (bicyclic) bond motifs is 1. The third-order valence-corrected chi connectivity index (χ3v) is 6.00. The van der Waals surface area contributed by atoms with E-state index in [1.54, 1.807) is 24.3 Å². The number of allylic oxidation sites excluding steroid dienone is 3. The first-order chi connectivity index (χ1) is 14.8. The van der Waals surface area contributed by atoms with E-state index < -0.39 is 17.9 Å². The molecule has 31 heavy (non-hydrogen) atoms. The average molecular weight is 435 g/mol. The Morgan fingerprint density at radius 1 is 1.26 bits per heavy atom. The minimum atomic E-state index is -4.18. The quantitative estimate of drug-likeness (QED) is 0.745. The molecule has 2 aromatic rings. The van der Waals surface area contributed by atoms with Crippen molar-refractivity contribution in [2.45, 2.75) is 31.9 Å². The molecule has 0 radical (unpaired) electrons. The summed E-state index contributed by atoms with van der Waals surface area (Å²) in [7, 11) is 0. The minimum absolute atomic E-state index is 0.000744. The lowest BCUT2D eigenvalue weighted by atomic mass is 9.92. The number of piperidine rings is 1. The number of nitrogens with zero attached hydrogens (tertiary/aromatic N) is 1. The van der Waals surface area contributed by atoms with Gasteiger partial charge in [0.25, 0.3) is 5.91 Å². The number of alkyl halides is 3. The summed E-state index contributed by atoms with van der Waals surface area (Å²) in [4.78, 5) is 28.2. The van der Waals surface area contributed by atoms with Crippen LogP contribution in [0.1, 0.15) is 36.0 Å². The van der Waals surface area contributed by atoms with Crippen LogP contribution in [0.15, 0.2) is 51.3 Å². The number of H-pyrrole nitrogens is 1. The Morgan fingerprint density at radius 3 is 2.71 bits per heavy atom. The van der Waals surface area contributed by atoms with Crippen LogP contribution in [0.3, 0.4) is 0 Å². The van der Waals surface area contributed by atoms with Gasteiger partial charge in [-0.05, 0) is 55.9 Å². The van der Waals surface area contributed by atoms with Crippen molar-refractivity contribution >= 4 is 17.0 Å². The highest BCUT2D eigenvalue weighted by Crippen LogP contribution is 2.34. The van der Waals surface area contributed by atoms with Gasteiger partial charge in [-0.15, -0.1) is 0 Å². The highest BCUT2D eigenvalue weighted by atomic mass is 19.4. The number of carbonyl (C=O) groups excluding carboxylic acids is 1. The lowest BCUT2D eigenvalue weighted by molar-refractivity contribution is -0.160. The van der Waals surface area contributed by atoms with E-state index >= 15 is 0 Å². The van der Waals surface area contributed by atoms with Gasteiger partial charge in [0, 0.05) is 30.9 Å². The number of aromatic amines is 1. The molecule has 1 saturated heterocycles. The summed E-state index contributed by atoms with van der Waals surface area (Å²) in [6.45, 7) is 2.14. The van der Waals surface area contributed by atoms with Gasteiger partial charge in [-0.1, -0.05) is 12.2 Å². The zero-order valence-electron chi connectivity index (χ0n) is 16.9. The molecular weight excluding hydrogens is 411 g/mol. The van der Waals surface area contributed by atoms with Gasteiger partial charge in [0.2, 0.25) is 0 Å². The maximum Gasteiger partial charge on any atom is 0.417 e. The lowest BCUT2D eigenvalue weighted by Gasteiger charge is -2.35. The normalized spacial score (nSPS) is 20.2. The van der Waals surface area contributed by atoms with E-state index in [1.165, 1.54) is 12.1 Å². The van der Waals surface area contributed by atoms with Crippen LogP contribution in [-0.2, 0) is 0 Å². The van der Waals surface area contributed by atoms with Crippen LogP contribution in [0.5, 0.6) is 0 Å². The van der Waals surface area contributed by atoms with Gasteiger partial charge >= 0.3 is 11.9 Å². The number of halogens is 3. The monoisotopic (exact) mass is 435 g/mol. The number of aromatic nitrogens is 1. The van der Waals surface area contributed by atoms with Crippen molar-refractivity contribution < 1.29 is 22.4 Å². The summed E-state index contributed by atoms with van der Waals surface area (Å²) in [6, 6.07) is 4.81. The molecule has 2 N–H and O–H groups in total. The topological polar surface area (TPSA) is 78.3 Å². The van der Waals surface area contributed by atoms with Crippen molar-refractivity contribution in [3.8, 4) is 0 Å². The Kier molecular flexibility index (Phi) is 5.93. The fourth-order valence-corrected chi connectivity index (χ4v) is 4.14. The molecular formula is C22H24F3N3O3. The van der Waals surface area contributed by atoms with Crippen molar-refractivity contribution in [2.75, 3.05) is 19.6 Å². The van der Waals surface area contributed by atoms with Crippen LogP contribution >= 0.6 is 0 Å². The van der Waals surface area contributed by atoms with E-state index in [-0.39, 0.29) is 12.3 Å². The maximum absolute atomic E-state index is 12.8. The summed E-state index contributed by atoms with van der Waals surface area (Å²) < 4.78 is 43.3. The second-order valence-corrected chi connectivity index (χ2v) is 8.07. The summed E-state index contributed by atoms with van der Waals surface area (Å²) in [5.74, 6) is -1.71. The lowest BCUT2D eigenvalue weighted by Crippen LogP contribution is -2.35. The van der Waals surface area contributed by atoms with Crippen LogP contribution in [0.25, 0.3) is 11.1 Å². The second kappa shape index (κ2) is 8.64. The molecule has 1 fully saturated rings. The summed E-state index contributed by atoms with van der Waals surface area (Å²) in [5.41, 5.74) is 2.19. The van der Waals surface area contributed by atoms with Gasteiger partial charge in [-0.3, -0.25) is 9.78 Å². The SMILES string of the molecule is O=C(NCCC1CCN(C2=CC[C@@H](C(F)(F)F)C=C2)CC1)c1ccc2[nH]c(=O)oc2c1. The molecule has 9 heteroatoms. The summed E-state index contributed by atoms with van der Waals surface area (Å²) in [5, 5.41) is 2.90. The number of oxazole rings is 1. The smallest absolute Gasteiger partial charge is 0.408 e. The van der Waals surface area contributed by atoms with Gasteiger partial charge in [0.05, 0.1) is 11.4 Å². The number of benzene rings is 1. The number of hydrogen-bond donors (Lipinski definition) is 2. The molecule has 1 aromatic heterocycles. The largest absolute Gasteiger partial charge is 0.417 e. The Hall–Kier alpha value is -2.97. The predicted octanol–water partition coefficient (Wildman–Crippen LogP) is 3.98. The van der Waals surface area contributed by atoms with Crippen molar-refractivity contribution in [3.63, 3.8) is 0 Å². The van der Waals surface area contributed by atoms with Crippen LogP contribution in [0, 0.1) is 11.8 Å². The van der Waals surface area contributed by atoms with E-state index in [1.807, 2.05) is 0 Å². The molecule has 1 aromatic carbocycles. The molecule has 2 aliphatic rings. The molecule has 1 aliphatic heterocycles. The van der Waals surface area contributed by atoms with Crippen LogP contribution < -0.4 is 11.1 Å². The molecule has 6 nitrogen and oxygen atoms in total. The molecule has 1 aliphatic carbocycles. The molecule has 4 rings (SSSR count). The van der Waals surface area contributed by atoms with Gasteiger partial charge in [-0.25, -0.2) is 4.79 Å². The Bertz CT molecular complexity index is 1060. The number of rotatable bonds is 5. The Morgan fingerprint density at radius 2 is 2.03 bits per heavy atom. The van der Waals surface area contributed by atoms with Gasteiger partial charge in [0.1, 0.15) is 0 Å². The molecule has 0 spiro atoms. The van der Waals surface area contributed by atoms with E-state index in [4.69, 9.17) is 4.42 Å². The zero-order chi connectivity index (χ0) is 22.0. The molecule has 1 amide bonds. The van der Waals surface area contributed by atoms with E-state index in [0.29, 0.717) is 29.1 Å². The highest BCUT2D eigenvalue weighted by Gasteiger charge is 2.38. The standard InChI is InChI=1S/C22H24F3N3O3/c23-22(24,25)16-2-4-17(5-3-16)28-11-8-14(9-12-28)7-10-26-20(29)15-1-6-18-19(13-15)31-21(30)27-18/h1-2,4-6,13-14,16H,3,7-12H2,(H,26,29)(H,27,30)/t16-/m0/s1. The molecule has 1 atom stereocenters. The van der Waals surface area contributed by atoms with Crippen LogP contribution in [0.2, 0.25) is 0 Å². The number of likely N-dealkylation sites (tertiary alicyclic amines) is 1. The number of amides is 1. The average Bonchev–Trinajstić information content (AvgIpc) is 3.13. The fraction of sp³-hybridized carbons (Fsp3) is 0.455. The summed E-state index contributed by atoms with van der Waals surface area (Å²) in [6.07, 6.45) is 3.05. The molecule has 2 heterocycles. The fourth-order valence-electron chi connectivity index (χ4n) is 4.14. The number of nitrogens with one attached hydrogen (secondary N) is 2. The highest BCUT2D eigenvalue weighted by molar-refractivity contribution is 5.96. The van der Waals surface area contributed by atoms with Gasteiger partial charge in [-0.2, -0.15) is 13.2 Å². The number of hydrogen-bond acceptors (Lipinski definition) is 4. The Balaban J connectivity index is 1.21. The van der Waals surface area contributed by atoms with Crippen molar-refractivity contribution in [2.24, 2.45) is 11.8 Å². The van der Waals surface area contributed by atoms with E-state index in [0.717, 1.165) is 38.0 Å². The molecule has 0 bridgehead atoms. The van der Waals surface area contributed by atoms with Crippen molar-refractivity contribution in [3.05, 3.63) is 58.2 Å². The minimum Gasteiger partial charge on any atom is -0.408 e. The second-order valence-electron chi connectivity index (χ2n) is 8.07. The van der Waals surface area contributed by atoms with Crippen molar-refractivity contribution in [1.29, 1.82) is 0 Å². The maximum atomic E-state index is 12.8. The van der Waals surface area contributed by atoms with Gasteiger partial charge < -0.3 is 14.6 Å². The van der Waals surface area contributed by atoms with E-state index in [2.05, 4.69) is 15.2 Å². The zero-order valence-corrected chi connectivity index (χ0v) is 16.9. The molecule has 0 unspecified atom stereocenters. The third-order valence-electron chi connectivity index (χ3n) is 6.00. The first kappa shape index (κ1) is 21.3. The third kappa shape index (κ3) is 5.03. The predicted molar refractivity (Wildman–Crippen MR) is 109 cm³/mol. The first-order valence-electron chi connectivity index (χ1n) is 10.4. The molecule has 166 valence electrons. The molecule has 0 saturated carbocycles. The Labute approximate surface area is 176 Å². The van der Waals surface area contributed by atoms with Crippen LogP contribution in [0.4, 0.5) is 13.2 Å². The van der Waals surface area contributed by atoms with Gasteiger partial charge in [0.15, 0.2) is 5.58 Å². The number of carbonyl (C=O) groups is 1. The first-order valence-corrected chi connectivity index (χ1v) is 10.4. The van der Waals surface area contributed by atoms with E-state index in [9.17, 15) is 22.8 Å². The van der Waals surface area contributed by atoms with Crippen molar-refractivity contribution in [1.82, 2.24) is 15.2 Å². The summed E-state index contributed by atoms with van der Waals surface area (Å²) >= 11 is 0.